The Balaban J connectivity index is 1.27. The maximum Gasteiger partial charge on any atom is 0.228 e. The van der Waals surface area contributed by atoms with Crippen LogP contribution in [0, 0.1) is 5.92 Å². The summed E-state index contributed by atoms with van der Waals surface area (Å²) in [4.78, 5) is 30.2. The van der Waals surface area contributed by atoms with Crippen LogP contribution in [0.5, 0.6) is 0 Å². The van der Waals surface area contributed by atoms with Crippen LogP contribution in [0.1, 0.15) is 82.4 Å². The Morgan fingerprint density at radius 3 is 2.45 bits per heavy atom. The average molecular weight is 539 g/mol. The van der Waals surface area contributed by atoms with Gasteiger partial charge in [0.25, 0.3) is 0 Å². The quantitative estimate of drug-likeness (QED) is 0.351. The lowest BCUT2D eigenvalue weighted by Gasteiger charge is -2.36. The fraction of sp³-hybridized carbons (Fsp3) is 0.485. The number of hydrogen-bond donors (Lipinski definition) is 0. The zero-order valence-corrected chi connectivity index (χ0v) is 24.6. The molecule has 3 heterocycles. The Morgan fingerprint density at radius 2 is 1.82 bits per heavy atom. The van der Waals surface area contributed by atoms with Crippen LogP contribution in [-0.4, -0.2) is 44.0 Å². The van der Waals surface area contributed by atoms with Gasteiger partial charge in [0, 0.05) is 50.0 Å². The van der Waals surface area contributed by atoms with Gasteiger partial charge in [-0.25, -0.2) is 9.97 Å². The molecule has 0 radical (unpaired) electrons. The van der Waals surface area contributed by atoms with Crippen LogP contribution < -0.4 is 4.90 Å². The van der Waals surface area contributed by atoms with Gasteiger partial charge in [0.15, 0.2) is 5.82 Å². The number of allylic oxidation sites excluding steroid dienone is 1. The summed E-state index contributed by atoms with van der Waals surface area (Å²) in [5, 5.41) is 4.62. The van der Waals surface area contributed by atoms with Crippen molar-refractivity contribution in [3.8, 4) is 0 Å². The molecule has 2 aliphatic rings. The molecule has 1 aliphatic heterocycles. The fourth-order valence-corrected chi connectivity index (χ4v) is 5.93. The molecule has 0 saturated heterocycles. The van der Waals surface area contributed by atoms with Crippen molar-refractivity contribution < 1.29 is 4.79 Å². The second kappa shape index (κ2) is 11.9. The topological polar surface area (TPSA) is 76.3 Å². The highest BCUT2D eigenvalue weighted by molar-refractivity contribution is 6.13. The predicted molar refractivity (Wildman–Crippen MR) is 161 cm³/mol. The van der Waals surface area contributed by atoms with E-state index in [-0.39, 0.29) is 17.4 Å². The first-order chi connectivity index (χ1) is 19.2. The maximum absolute atomic E-state index is 13.5. The average Bonchev–Trinajstić information content (AvgIpc) is 3.56. The van der Waals surface area contributed by atoms with Gasteiger partial charge in [-0.15, -0.1) is 0 Å². The van der Waals surface area contributed by atoms with Gasteiger partial charge >= 0.3 is 0 Å². The van der Waals surface area contributed by atoms with Gasteiger partial charge < -0.3 is 0 Å². The molecule has 0 spiro atoms. The highest BCUT2D eigenvalue weighted by atomic mass is 16.2. The summed E-state index contributed by atoms with van der Waals surface area (Å²) >= 11 is 0. The minimum absolute atomic E-state index is 0.0563. The molecule has 0 bridgehead atoms. The van der Waals surface area contributed by atoms with Gasteiger partial charge in [0.1, 0.15) is 5.82 Å². The number of nitrogens with zero attached hydrogens (tertiary/aromatic N) is 6. The SMILES string of the molecule is CC1=CCN=C1c1nc(CC2CCC(N(C(=O)CCc3ccccc3)c3ccn(C)n3)CC2)ncc1C(C)(C)C. The van der Waals surface area contributed by atoms with E-state index in [1.807, 2.05) is 48.6 Å². The highest BCUT2D eigenvalue weighted by Gasteiger charge is 2.32. The van der Waals surface area contributed by atoms with Crippen LogP contribution in [0.25, 0.3) is 0 Å². The van der Waals surface area contributed by atoms with E-state index in [1.54, 1.807) is 4.68 Å². The Bertz CT molecular complexity index is 1390. The molecule has 1 aliphatic carbocycles. The molecule has 5 rings (SSSR count). The second-order valence-electron chi connectivity index (χ2n) is 12.4. The molecule has 7 heteroatoms. The second-order valence-corrected chi connectivity index (χ2v) is 12.4. The number of hydrogen-bond acceptors (Lipinski definition) is 5. The summed E-state index contributed by atoms with van der Waals surface area (Å²) in [5.41, 5.74) is 5.47. The van der Waals surface area contributed by atoms with E-state index in [9.17, 15) is 4.79 Å². The van der Waals surface area contributed by atoms with Gasteiger partial charge in [0.2, 0.25) is 5.91 Å². The smallest absolute Gasteiger partial charge is 0.228 e. The third-order valence-electron chi connectivity index (χ3n) is 8.23. The number of aliphatic imine (C=N–C) groups is 1. The van der Waals surface area contributed by atoms with Crippen LogP contribution in [0.2, 0.25) is 0 Å². The van der Waals surface area contributed by atoms with E-state index < -0.39 is 0 Å². The predicted octanol–water partition coefficient (Wildman–Crippen LogP) is 6.02. The molecular formula is C33H42N6O. The largest absolute Gasteiger partial charge is 0.292 e. The summed E-state index contributed by atoms with van der Waals surface area (Å²) in [6.45, 7) is 9.47. The summed E-state index contributed by atoms with van der Waals surface area (Å²) in [5.74, 6) is 2.30. The van der Waals surface area contributed by atoms with Crippen molar-refractivity contribution in [1.82, 2.24) is 19.7 Å². The molecule has 210 valence electrons. The van der Waals surface area contributed by atoms with E-state index >= 15 is 0 Å². The van der Waals surface area contributed by atoms with E-state index in [0.29, 0.717) is 12.3 Å². The van der Waals surface area contributed by atoms with Crippen molar-refractivity contribution in [2.45, 2.75) is 84.1 Å². The summed E-state index contributed by atoms with van der Waals surface area (Å²) < 4.78 is 1.78. The molecular weight excluding hydrogens is 496 g/mol. The third kappa shape index (κ3) is 6.40. The number of anilines is 1. The van der Waals surface area contributed by atoms with Crippen molar-refractivity contribution in [3.05, 3.63) is 83.1 Å². The molecule has 3 aromatic rings. The Morgan fingerprint density at radius 1 is 1.07 bits per heavy atom. The van der Waals surface area contributed by atoms with Crippen molar-refractivity contribution >= 4 is 17.4 Å². The number of benzene rings is 1. The first kappa shape index (κ1) is 27.9. The molecule has 40 heavy (non-hydrogen) atoms. The summed E-state index contributed by atoms with van der Waals surface area (Å²) in [6.07, 6.45) is 12.2. The van der Waals surface area contributed by atoms with Gasteiger partial charge in [-0.05, 0) is 61.5 Å². The van der Waals surface area contributed by atoms with Gasteiger partial charge in [-0.3, -0.25) is 19.4 Å². The first-order valence-electron chi connectivity index (χ1n) is 14.6. The fourth-order valence-electron chi connectivity index (χ4n) is 5.93. The standard InChI is InChI=1S/C33H42N6O/c1-23-17-19-34-31(23)32-27(33(2,3)4)22-35-28(36-32)21-25-11-14-26(15-12-25)39(29-18-20-38(5)37-29)30(40)16-13-24-9-7-6-8-10-24/h6-10,17-18,20,22,25-26H,11-16,19,21H2,1-5H3. The lowest BCUT2D eigenvalue weighted by molar-refractivity contribution is -0.119. The number of aromatic nitrogens is 4. The lowest BCUT2D eigenvalue weighted by Crippen LogP contribution is -2.43. The Labute approximate surface area is 238 Å². The Hall–Kier alpha value is -3.61. The number of rotatable bonds is 8. The van der Waals surface area contributed by atoms with Gasteiger partial charge in [0.05, 0.1) is 18.0 Å². The summed E-state index contributed by atoms with van der Waals surface area (Å²) in [7, 11) is 1.90. The van der Waals surface area contributed by atoms with Crippen LogP contribution >= 0.6 is 0 Å². The molecule has 0 unspecified atom stereocenters. The molecule has 0 N–H and O–H groups in total. The maximum atomic E-state index is 13.5. The van der Waals surface area contributed by atoms with E-state index in [4.69, 9.17) is 15.0 Å². The summed E-state index contributed by atoms with van der Waals surface area (Å²) in [6, 6.07) is 12.4. The van der Waals surface area contributed by atoms with E-state index in [1.165, 1.54) is 11.1 Å². The molecule has 1 saturated carbocycles. The zero-order chi connectivity index (χ0) is 28.3. The van der Waals surface area contributed by atoms with Crippen molar-refractivity contribution in [2.75, 3.05) is 11.4 Å². The molecule has 1 amide bonds. The minimum atomic E-state index is -0.0563. The monoisotopic (exact) mass is 538 g/mol. The normalized spacial score (nSPS) is 19.3. The number of aryl methyl sites for hydroxylation is 2. The van der Waals surface area contributed by atoms with Gasteiger partial charge in [-0.1, -0.05) is 57.2 Å². The number of amides is 1. The highest BCUT2D eigenvalue weighted by Crippen LogP contribution is 2.33. The first-order valence-corrected chi connectivity index (χ1v) is 14.6. The van der Waals surface area contributed by atoms with Crippen LogP contribution in [0.15, 0.2) is 65.4 Å². The molecule has 1 fully saturated rings. The Kier molecular flexibility index (Phi) is 8.29. The van der Waals surface area contributed by atoms with Crippen molar-refractivity contribution in [1.29, 1.82) is 0 Å². The minimum Gasteiger partial charge on any atom is -0.292 e. The zero-order valence-electron chi connectivity index (χ0n) is 24.6. The molecule has 0 atom stereocenters. The van der Waals surface area contributed by atoms with E-state index in [0.717, 1.165) is 73.7 Å². The van der Waals surface area contributed by atoms with Crippen LogP contribution in [0.4, 0.5) is 5.82 Å². The van der Waals surface area contributed by atoms with Crippen molar-refractivity contribution in [3.63, 3.8) is 0 Å². The van der Waals surface area contributed by atoms with E-state index in [2.05, 4.69) is 51.0 Å². The molecule has 2 aromatic heterocycles. The van der Waals surface area contributed by atoms with Gasteiger partial charge in [-0.2, -0.15) is 5.10 Å². The van der Waals surface area contributed by atoms with Crippen LogP contribution in [-0.2, 0) is 30.1 Å². The number of carbonyl (C=O) groups excluding carboxylic acids is 1. The molecule has 1 aromatic carbocycles. The number of carbonyl (C=O) groups is 1. The van der Waals surface area contributed by atoms with Crippen LogP contribution in [0.3, 0.4) is 0 Å². The third-order valence-corrected chi connectivity index (χ3v) is 8.23. The van der Waals surface area contributed by atoms with Crippen molar-refractivity contribution in [2.24, 2.45) is 18.0 Å². The lowest BCUT2D eigenvalue weighted by atomic mass is 9.82. The molecule has 7 nitrogen and oxygen atoms in total.